The summed E-state index contributed by atoms with van der Waals surface area (Å²) < 4.78 is 31.0. The van der Waals surface area contributed by atoms with Crippen molar-refractivity contribution in [2.75, 3.05) is 19.8 Å². The molecular weight excluding hydrogens is 236 g/mol. The Kier molecular flexibility index (Phi) is 6.83. The normalized spacial score (nSPS) is 11.2. The summed E-state index contributed by atoms with van der Waals surface area (Å²) in [6.45, 7) is 6.94. The lowest BCUT2D eigenvalue weighted by atomic mass is 10.1. The number of hydrogen-bond acceptors (Lipinski definition) is 2. The van der Waals surface area contributed by atoms with Crippen LogP contribution in [0.15, 0.2) is 18.2 Å². The highest BCUT2D eigenvalue weighted by Crippen LogP contribution is 2.08. The summed E-state index contributed by atoms with van der Waals surface area (Å²) in [5, 5.41) is 3.12. The van der Waals surface area contributed by atoms with E-state index >= 15 is 0 Å². The number of rotatable bonds is 8. The molecule has 0 amide bonds. The minimum atomic E-state index is -0.809. The summed E-state index contributed by atoms with van der Waals surface area (Å²) in [5.74, 6) is -0.960. The van der Waals surface area contributed by atoms with Crippen molar-refractivity contribution < 1.29 is 13.5 Å². The predicted molar refractivity (Wildman–Crippen MR) is 68.3 cm³/mol. The van der Waals surface area contributed by atoms with Crippen LogP contribution in [0.2, 0.25) is 0 Å². The molecule has 2 nitrogen and oxygen atoms in total. The van der Waals surface area contributed by atoms with E-state index in [1.54, 1.807) is 6.07 Å². The standard InChI is InChI=1S/C14H21F2NO/c1-11(2)5-7-18-8-6-17-10-12-3-4-13(15)14(16)9-12/h3-4,9,11,17H,5-8,10H2,1-2H3. The zero-order valence-corrected chi connectivity index (χ0v) is 11.0. The van der Waals surface area contributed by atoms with Crippen molar-refractivity contribution in [3.05, 3.63) is 35.4 Å². The molecule has 1 aromatic rings. The van der Waals surface area contributed by atoms with Gasteiger partial charge in [-0.1, -0.05) is 19.9 Å². The zero-order chi connectivity index (χ0) is 13.4. The van der Waals surface area contributed by atoms with Crippen LogP contribution < -0.4 is 5.32 Å². The second-order valence-corrected chi connectivity index (χ2v) is 4.72. The third kappa shape index (κ3) is 6.07. The molecule has 102 valence electrons. The van der Waals surface area contributed by atoms with Crippen molar-refractivity contribution in [2.45, 2.75) is 26.8 Å². The maximum Gasteiger partial charge on any atom is 0.159 e. The summed E-state index contributed by atoms with van der Waals surface area (Å²) in [7, 11) is 0. The fraction of sp³-hybridized carbons (Fsp3) is 0.571. The molecule has 0 heterocycles. The van der Waals surface area contributed by atoms with Crippen LogP contribution in [-0.2, 0) is 11.3 Å². The number of ether oxygens (including phenoxy) is 1. The Hall–Kier alpha value is -1.00. The lowest BCUT2D eigenvalue weighted by Gasteiger charge is -2.08. The Balaban J connectivity index is 2.09. The maximum absolute atomic E-state index is 12.9. The topological polar surface area (TPSA) is 21.3 Å². The lowest BCUT2D eigenvalue weighted by Crippen LogP contribution is -2.19. The molecule has 0 aromatic heterocycles. The van der Waals surface area contributed by atoms with Crippen molar-refractivity contribution in [3.8, 4) is 0 Å². The van der Waals surface area contributed by atoms with E-state index in [9.17, 15) is 8.78 Å². The Morgan fingerprint density at radius 1 is 1.17 bits per heavy atom. The molecule has 0 unspecified atom stereocenters. The molecule has 1 aromatic carbocycles. The molecule has 0 fully saturated rings. The first-order chi connectivity index (χ1) is 8.59. The van der Waals surface area contributed by atoms with E-state index in [2.05, 4.69) is 19.2 Å². The second-order valence-electron chi connectivity index (χ2n) is 4.72. The van der Waals surface area contributed by atoms with Gasteiger partial charge in [0.15, 0.2) is 11.6 Å². The molecule has 0 aliphatic heterocycles. The summed E-state index contributed by atoms with van der Waals surface area (Å²) >= 11 is 0. The fourth-order valence-electron chi connectivity index (χ4n) is 1.45. The summed E-state index contributed by atoms with van der Waals surface area (Å²) in [4.78, 5) is 0. The largest absolute Gasteiger partial charge is 0.380 e. The number of benzene rings is 1. The smallest absolute Gasteiger partial charge is 0.159 e. The highest BCUT2D eigenvalue weighted by molar-refractivity contribution is 5.17. The Labute approximate surface area is 107 Å². The molecule has 0 bridgehead atoms. The first-order valence-corrected chi connectivity index (χ1v) is 6.32. The third-order valence-electron chi connectivity index (χ3n) is 2.58. The minimum Gasteiger partial charge on any atom is -0.380 e. The molecule has 0 spiro atoms. The molecule has 0 aliphatic rings. The summed E-state index contributed by atoms with van der Waals surface area (Å²) in [6.07, 6.45) is 1.06. The minimum absolute atomic E-state index is 0.519. The number of nitrogens with one attached hydrogen (secondary N) is 1. The zero-order valence-electron chi connectivity index (χ0n) is 11.0. The van der Waals surface area contributed by atoms with Gasteiger partial charge in [-0.25, -0.2) is 8.78 Å². The van der Waals surface area contributed by atoms with Gasteiger partial charge in [0.2, 0.25) is 0 Å². The van der Waals surface area contributed by atoms with Gasteiger partial charge in [-0.05, 0) is 30.0 Å². The van der Waals surface area contributed by atoms with Crippen LogP contribution in [0, 0.1) is 17.6 Å². The first-order valence-electron chi connectivity index (χ1n) is 6.32. The van der Waals surface area contributed by atoms with Crippen LogP contribution in [0.4, 0.5) is 8.78 Å². The Morgan fingerprint density at radius 3 is 2.61 bits per heavy atom. The van der Waals surface area contributed by atoms with Crippen LogP contribution in [0.3, 0.4) is 0 Å². The molecule has 1 N–H and O–H groups in total. The Bertz CT molecular complexity index is 356. The molecular formula is C14H21F2NO. The van der Waals surface area contributed by atoms with E-state index in [-0.39, 0.29) is 0 Å². The van der Waals surface area contributed by atoms with E-state index in [0.717, 1.165) is 24.7 Å². The highest BCUT2D eigenvalue weighted by atomic mass is 19.2. The molecule has 4 heteroatoms. The first kappa shape index (κ1) is 15.1. The highest BCUT2D eigenvalue weighted by Gasteiger charge is 2.01. The van der Waals surface area contributed by atoms with Crippen LogP contribution in [0.5, 0.6) is 0 Å². The van der Waals surface area contributed by atoms with Crippen LogP contribution in [0.25, 0.3) is 0 Å². The molecule has 0 atom stereocenters. The maximum atomic E-state index is 12.9. The fourth-order valence-corrected chi connectivity index (χ4v) is 1.45. The Morgan fingerprint density at radius 2 is 1.94 bits per heavy atom. The quantitative estimate of drug-likeness (QED) is 0.722. The van der Waals surface area contributed by atoms with E-state index in [1.165, 1.54) is 6.07 Å². The molecule has 0 radical (unpaired) electrons. The molecule has 0 saturated heterocycles. The van der Waals surface area contributed by atoms with Gasteiger partial charge in [-0.3, -0.25) is 0 Å². The molecule has 1 rings (SSSR count). The van der Waals surface area contributed by atoms with Gasteiger partial charge in [-0.15, -0.1) is 0 Å². The van der Waals surface area contributed by atoms with Gasteiger partial charge in [0, 0.05) is 19.7 Å². The van der Waals surface area contributed by atoms with Gasteiger partial charge in [0.25, 0.3) is 0 Å². The third-order valence-corrected chi connectivity index (χ3v) is 2.58. The van der Waals surface area contributed by atoms with Crippen molar-refractivity contribution in [2.24, 2.45) is 5.92 Å². The van der Waals surface area contributed by atoms with Crippen LogP contribution in [0.1, 0.15) is 25.8 Å². The molecule has 18 heavy (non-hydrogen) atoms. The van der Waals surface area contributed by atoms with Gasteiger partial charge < -0.3 is 10.1 Å². The number of halogens is 2. The van der Waals surface area contributed by atoms with Gasteiger partial charge >= 0.3 is 0 Å². The SMILES string of the molecule is CC(C)CCOCCNCc1ccc(F)c(F)c1. The van der Waals surface area contributed by atoms with Crippen molar-refractivity contribution in [1.82, 2.24) is 5.32 Å². The second kappa shape index (κ2) is 8.16. The van der Waals surface area contributed by atoms with Crippen molar-refractivity contribution in [3.63, 3.8) is 0 Å². The van der Waals surface area contributed by atoms with E-state index in [1.807, 2.05) is 0 Å². The van der Waals surface area contributed by atoms with Crippen molar-refractivity contribution >= 4 is 0 Å². The number of hydrogen-bond donors (Lipinski definition) is 1. The monoisotopic (exact) mass is 257 g/mol. The predicted octanol–water partition coefficient (Wildman–Crippen LogP) is 3.12. The average Bonchev–Trinajstić information content (AvgIpc) is 2.32. The lowest BCUT2D eigenvalue weighted by molar-refractivity contribution is 0.125. The van der Waals surface area contributed by atoms with E-state index in [4.69, 9.17) is 4.74 Å². The van der Waals surface area contributed by atoms with Crippen molar-refractivity contribution in [1.29, 1.82) is 0 Å². The molecule has 0 aliphatic carbocycles. The van der Waals surface area contributed by atoms with Gasteiger partial charge in [0.1, 0.15) is 0 Å². The van der Waals surface area contributed by atoms with E-state index < -0.39 is 11.6 Å². The van der Waals surface area contributed by atoms with Gasteiger partial charge in [-0.2, -0.15) is 0 Å². The average molecular weight is 257 g/mol. The van der Waals surface area contributed by atoms with E-state index in [0.29, 0.717) is 25.6 Å². The summed E-state index contributed by atoms with van der Waals surface area (Å²) in [6, 6.07) is 3.93. The summed E-state index contributed by atoms with van der Waals surface area (Å²) in [5.41, 5.74) is 0.732. The van der Waals surface area contributed by atoms with Crippen LogP contribution in [-0.4, -0.2) is 19.8 Å². The van der Waals surface area contributed by atoms with Gasteiger partial charge in [0.05, 0.1) is 6.61 Å². The molecule has 0 saturated carbocycles. The van der Waals surface area contributed by atoms with Crippen LogP contribution >= 0.6 is 0 Å².